The lowest BCUT2D eigenvalue weighted by Crippen LogP contribution is -2.50. The second-order valence-electron chi connectivity index (χ2n) is 7.34. The summed E-state index contributed by atoms with van der Waals surface area (Å²) in [6.07, 6.45) is 3.34. The Bertz CT molecular complexity index is 688. The summed E-state index contributed by atoms with van der Waals surface area (Å²) in [6, 6.07) is 20.7. The second kappa shape index (κ2) is 8.68. The maximum Gasteiger partial charge on any atom is 0.223 e. The van der Waals surface area contributed by atoms with Gasteiger partial charge in [-0.1, -0.05) is 60.7 Å². The number of nitrogens with zero attached hydrogens (tertiary/aromatic N) is 1. The summed E-state index contributed by atoms with van der Waals surface area (Å²) in [5.41, 5.74) is 2.36. The highest BCUT2D eigenvalue weighted by molar-refractivity contribution is 5.78. The first-order valence-electron chi connectivity index (χ1n) is 9.95. The largest absolute Gasteiger partial charge is 0.348 e. The highest BCUT2D eigenvalue weighted by Gasteiger charge is 2.36. The van der Waals surface area contributed by atoms with Crippen LogP contribution in [0.4, 0.5) is 0 Å². The molecule has 0 bridgehead atoms. The maximum atomic E-state index is 13.3. The van der Waals surface area contributed by atoms with E-state index < -0.39 is 0 Å². The lowest BCUT2D eigenvalue weighted by Gasteiger charge is -2.38. The number of ether oxygens (including phenoxy) is 2. The molecule has 142 valence electrons. The number of benzene rings is 2. The normalized spacial score (nSPS) is 20.9. The van der Waals surface area contributed by atoms with Crippen molar-refractivity contribution in [2.24, 2.45) is 0 Å². The van der Waals surface area contributed by atoms with Gasteiger partial charge >= 0.3 is 0 Å². The summed E-state index contributed by atoms with van der Waals surface area (Å²) in [5, 5.41) is 0. The third kappa shape index (κ3) is 4.23. The third-order valence-electron chi connectivity index (χ3n) is 5.61. The molecule has 2 heterocycles. The van der Waals surface area contributed by atoms with Gasteiger partial charge in [0, 0.05) is 18.9 Å². The molecule has 2 aliphatic rings. The molecule has 0 N–H and O–H groups in total. The molecule has 2 aliphatic heterocycles. The first-order valence-corrected chi connectivity index (χ1v) is 9.95. The Morgan fingerprint density at radius 1 is 0.926 bits per heavy atom. The molecule has 1 amide bonds. The van der Waals surface area contributed by atoms with E-state index in [1.807, 2.05) is 41.3 Å². The molecular formula is C23H27NO3. The van der Waals surface area contributed by atoms with Gasteiger partial charge in [-0.25, -0.2) is 0 Å². The van der Waals surface area contributed by atoms with Crippen molar-refractivity contribution >= 4 is 5.91 Å². The van der Waals surface area contributed by atoms with Crippen LogP contribution in [0.1, 0.15) is 42.7 Å². The van der Waals surface area contributed by atoms with Crippen LogP contribution in [0.3, 0.4) is 0 Å². The van der Waals surface area contributed by atoms with Crippen LogP contribution in [-0.2, 0) is 14.3 Å². The molecule has 2 aromatic carbocycles. The predicted octanol–water partition coefficient (Wildman–Crippen LogP) is 3.96. The Labute approximate surface area is 161 Å². The monoisotopic (exact) mass is 365 g/mol. The summed E-state index contributed by atoms with van der Waals surface area (Å²) < 4.78 is 11.5. The van der Waals surface area contributed by atoms with E-state index in [1.165, 1.54) is 11.1 Å². The van der Waals surface area contributed by atoms with E-state index in [0.29, 0.717) is 19.6 Å². The predicted molar refractivity (Wildman–Crippen MR) is 104 cm³/mol. The van der Waals surface area contributed by atoms with E-state index in [9.17, 15) is 4.79 Å². The van der Waals surface area contributed by atoms with Crippen LogP contribution in [0.2, 0.25) is 0 Å². The fraction of sp³-hybridized carbons (Fsp3) is 0.435. The van der Waals surface area contributed by atoms with Gasteiger partial charge in [0.1, 0.15) is 0 Å². The molecule has 0 spiro atoms. The van der Waals surface area contributed by atoms with Crippen LogP contribution >= 0.6 is 0 Å². The molecule has 2 fully saturated rings. The quantitative estimate of drug-likeness (QED) is 0.805. The first-order chi connectivity index (χ1) is 13.3. The van der Waals surface area contributed by atoms with Gasteiger partial charge in [0.15, 0.2) is 6.29 Å². The maximum absolute atomic E-state index is 13.3. The van der Waals surface area contributed by atoms with Crippen molar-refractivity contribution in [3.8, 4) is 0 Å². The van der Waals surface area contributed by atoms with Crippen LogP contribution < -0.4 is 0 Å². The number of hydrogen-bond acceptors (Lipinski definition) is 3. The van der Waals surface area contributed by atoms with Crippen molar-refractivity contribution in [1.29, 1.82) is 0 Å². The topological polar surface area (TPSA) is 38.8 Å². The van der Waals surface area contributed by atoms with Crippen LogP contribution in [0.25, 0.3) is 0 Å². The molecule has 4 heteroatoms. The van der Waals surface area contributed by atoms with Crippen molar-refractivity contribution < 1.29 is 14.3 Å². The Hall–Kier alpha value is -2.17. The Kier molecular flexibility index (Phi) is 5.85. The molecule has 0 radical (unpaired) electrons. The molecule has 0 aliphatic carbocycles. The molecule has 4 nitrogen and oxygen atoms in total. The van der Waals surface area contributed by atoms with Gasteiger partial charge < -0.3 is 14.4 Å². The van der Waals surface area contributed by atoms with E-state index >= 15 is 0 Å². The second-order valence-corrected chi connectivity index (χ2v) is 7.34. The fourth-order valence-electron chi connectivity index (χ4n) is 4.24. The van der Waals surface area contributed by atoms with Crippen molar-refractivity contribution in [3.63, 3.8) is 0 Å². The Balaban J connectivity index is 1.55. The molecule has 27 heavy (non-hydrogen) atoms. The van der Waals surface area contributed by atoms with Crippen molar-refractivity contribution in [2.45, 2.75) is 43.9 Å². The van der Waals surface area contributed by atoms with Crippen LogP contribution in [0.15, 0.2) is 60.7 Å². The zero-order valence-electron chi connectivity index (χ0n) is 15.6. The average Bonchev–Trinajstić information content (AvgIpc) is 3.28. The van der Waals surface area contributed by atoms with Gasteiger partial charge in [-0.05, 0) is 30.4 Å². The molecule has 2 saturated heterocycles. The van der Waals surface area contributed by atoms with Crippen LogP contribution in [-0.4, -0.2) is 42.9 Å². The highest BCUT2D eigenvalue weighted by Crippen LogP contribution is 2.31. The lowest BCUT2D eigenvalue weighted by molar-refractivity contribution is -0.150. The van der Waals surface area contributed by atoms with E-state index in [-0.39, 0.29) is 24.2 Å². The minimum absolute atomic E-state index is 0.0425. The van der Waals surface area contributed by atoms with Crippen molar-refractivity contribution in [2.75, 3.05) is 19.8 Å². The number of amides is 1. The summed E-state index contributed by atoms with van der Waals surface area (Å²) in [4.78, 5) is 15.3. The number of carbonyl (C=O) groups is 1. The molecule has 0 aromatic heterocycles. The minimum atomic E-state index is -0.263. The molecule has 4 rings (SSSR count). The smallest absolute Gasteiger partial charge is 0.223 e. The Morgan fingerprint density at radius 3 is 2.11 bits per heavy atom. The number of rotatable bonds is 5. The first kappa shape index (κ1) is 18.2. The highest BCUT2D eigenvalue weighted by atomic mass is 16.7. The summed E-state index contributed by atoms with van der Waals surface area (Å²) in [6.45, 7) is 2.04. The lowest BCUT2D eigenvalue weighted by atomic mass is 9.87. The summed E-state index contributed by atoms with van der Waals surface area (Å²) in [5.74, 6) is 0.254. The van der Waals surface area contributed by atoms with Gasteiger partial charge in [-0.3, -0.25) is 4.79 Å². The van der Waals surface area contributed by atoms with Crippen molar-refractivity contribution in [1.82, 2.24) is 4.90 Å². The molecule has 0 saturated carbocycles. The zero-order valence-corrected chi connectivity index (χ0v) is 15.6. The van der Waals surface area contributed by atoms with Crippen molar-refractivity contribution in [3.05, 3.63) is 71.8 Å². The number of piperidine rings is 1. The summed E-state index contributed by atoms with van der Waals surface area (Å²) in [7, 11) is 0. The van der Waals surface area contributed by atoms with Crippen LogP contribution in [0.5, 0.6) is 0 Å². The van der Waals surface area contributed by atoms with Gasteiger partial charge in [0.25, 0.3) is 0 Å². The Morgan fingerprint density at radius 2 is 1.52 bits per heavy atom. The van der Waals surface area contributed by atoms with E-state index in [1.54, 1.807) is 0 Å². The molecular weight excluding hydrogens is 338 g/mol. The molecule has 1 unspecified atom stereocenters. The van der Waals surface area contributed by atoms with E-state index in [4.69, 9.17) is 9.47 Å². The van der Waals surface area contributed by atoms with Gasteiger partial charge in [0.2, 0.25) is 5.91 Å². The third-order valence-corrected chi connectivity index (χ3v) is 5.61. The van der Waals surface area contributed by atoms with Crippen LogP contribution in [0, 0.1) is 0 Å². The summed E-state index contributed by atoms with van der Waals surface area (Å²) >= 11 is 0. The van der Waals surface area contributed by atoms with E-state index in [0.717, 1.165) is 25.8 Å². The molecule has 1 atom stereocenters. The number of hydrogen-bond donors (Lipinski definition) is 0. The van der Waals surface area contributed by atoms with Gasteiger partial charge in [-0.2, -0.15) is 0 Å². The zero-order chi connectivity index (χ0) is 18.5. The standard InChI is InChI=1S/C23H27NO3/c25-22(24-14-8-7-13-21(24)23-26-15-16-27-23)17-20(18-9-3-1-4-10-18)19-11-5-2-6-12-19/h1-6,9-12,20-21,23H,7-8,13-17H2. The van der Waals surface area contributed by atoms with E-state index in [2.05, 4.69) is 24.3 Å². The average molecular weight is 365 g/mol. The SMILES string of the molecule is O=C(CC(c1ccccc1)c1ccccc1)N1CCCCC1C1OCCO1. The molecule has 2 aromatic rings. The fourth-order valence-corrected chi connectivity index (χ4v) is 4.24. The van der Waals surface area contributed by atoms with Gasteiger partial charge in [0.05, 0.1) is 19.3 Å². The minimum Gasteiger partial charge on any atom is -0.348 e. The number of carbonyl (C=O) groups excluding carboxylic acids is 1. The van der Waals surface area contributed by atoms with Gasteiger partial charge in [-0.15, -0.1) is 0 Å². The number of likely N-dealkylation sites (tertiary alicyclic amines) is 1.